The molecule has 0 aliphatic heterocycles. The molecule has 0 saturated carbocycles. The zero-order valence-corrected chi connectivity index (χ0v) is 12.2. The first kappa shape index (κ1) is 12.4. The lowest BCUT2D eigenvalue weighted by molar-refractivity contribution is 1.03. The molecule has 2 nitrogen and oxygen atoms in total. The molecule has 21 heavy (non-hydrogen) atoms. The molecule has 0 unspecified atom stereocenters. The van der Waals surface area contributed by atoms with E-state index >= 15 is 0 Å². The summed E-state index contributed by atoms with van der Waals surface area (Å²) >= 11 is 1.72. The maximum atomic E-state index is 4.75. The van der Waals surface area contributed by atoms with E-state index in [0.29, 0.717) is 0 Å². The quantitative estimate of drug-likeness (QED) is 0.572. The zero-order chi connectivity index (χ0) is 14.1. The van der Waals surface area contributed by atoms with Gasteiger partial charge in [0.1, 0.15) is 5.82 Å². The van der Waals surface area contributed by atoms with E-state index < -0.39 is 0 Å². The van der Waals surface area contributed by atoms with E-state index in [2.05, 4.69) is 64.3 Å². The van der Waals surface area contributed by atoms with Crippen molar-refractivity contribution in [1.29, 1.82) is 0 Å². The second-order valence-electron chi connectivity index (χ2n) is 5.07. The third kappa shape index (κ3) is 2.36. The van der Waals surface area contributed by atoms with Crippen LogP contribution in [0.25, 0.3) is 22.0 Å². The second-order valence-corrected chi connectivity index (χ2v) is 5.85. The van der Waals surface area contributed by atoms with E-state index in [-0.39, 0.29) is 0 Å². The highest BCUT2D eigenvalue weighted by atomic mass is 32.1. The molecular weight excluding hydrogens is 276 g/mol. The molecule has 2 heterocycles. The largest absolute Gasteiger partial charge is 0.348 e. The minimum absolute atomic E-state index is 0.855. The Morgan fingerprint density at radius 2 is 1.90 bits per heavy atom. The van der Waals surface area contributed by atoms with E-state index in [9.17, 15) is 0 Å². The van der Waals surface area contributed by atoms with Crippen LogP contribution in [-0.4, -0.2) is 9.97 Å². The van der Waals surface area contributed by atoms with Gasteiger partial charge in [0.05, 0.1) is 5.69 Å². The maximum Gasteiger partial charge on any atom is 0.111 e. The highest BCUT2D eigenvalue weighted by Crippen LogP contribution is 2.27. The number of rotatable bonds is 3. The number of aromatic nitrogens is 2. The molecule has 4 rings (SSSR count). The molecule has 0 bridgehead atoms. The summed E-state index contributed by atoms with van der Waals surface area (Å²) in [5.74, 6) is 1.01. The van der Waals surface area contributed by atoms with Crippen molar-refractivity contribution in [2.45, 2.75) is 6.42 Å². The van der Waals surface area contributed by atoms with Crippen molar-refractivity contribution in [1.82, 2.24) is 9.97 Å². The van der Waals surface area contributed by atoms with E-state index in [4.69, 9.17) is 4.98 Å². The lowest BCUT2D eigenvalue weighted by atomic mass is 10.0. The third-order valence-corrected chi connectivity index (χ3v) is 4.38. The van der Waals surface area contributed by atoms with Crippen LogP contribution in [0.4, 0.5) is 0 Å². The van der Waals surface area contributed by atoms with Crippen molar-refractivity contribution in [3.05, 3.63) is 76.9 Å². The third-order valence-electron chi connectivity index (χ3n) is 3.65. The number of nitrogens with zero attached hydrogens (tertiary/aromatic N) is 1. The van der Waals surface area contributed by atoms with Crippen LogP contribution in [0.1, 0.15) is 11.4 Å². The summed E-state index contributed by atoms with van der Waals surface area (Å²) in [5, 5.41) is 6.76. The topological polar surface area (TPSA) is 28.7 Å². The Morgan fingerprint density at radius 3 is 2.81 bits per heavy atom. The lowest BCUT2D eigenvalue weighted by Crippen LogP contribution is -1.88. The van der Waals surface area contributed by atoms with Crippen LogP contribution in [0, 0.1) is 0 Å². The van der Waals surface area contributed by atoms with Gasteiger partial charge in [-0.1, -0.05) is 42.5 Å². The first-order chi connectivity index (χ1) is 10.4. The smallest absolute Gasteiger partial charge is 0.111 e. The molecule has 0 spiro atoms. The highest BCUT2D eigenvalue weighted by Gasteiger charge is 2.08. The molecule has 0 aliphatic rings. The van der Waals surface area contributed by atoms with Crippen LogP contribution >= 0.6 is 11.3 Å². The molecule has 2 aromatic carbocycles. The molecule has 0 saturated heterocycles. The van der Waals surface area contributed by atoms with Crippen LogP contribution in [0.15, 0.2) is 65.5 Å². The van der Waals surface area contributed by atoms with E-state index in [1.165, 1.54) is 21.9 Å². The van der Waals surface area contributed by atoms with Crippen molar-refractivity contribution in [3.63, 3.8) is 0 Å². The Balaban J connectivity index is 1.74. The van der Waals surface area contributed by atoms with Crippen LogP contribution in [0.5, 0.6) is 0 Å². The van der Waals surface area contributed by atoms with Gasteiger partial charge in [-0.15, -0.1) is 0 Å². The molecule has 0 atom stereocenters. The first-order valence-electron chi connectivity index (χ1n) is 6.94. The van der Waals surface area contributed by atoms with Crippen LogP contribution < -0.4 is 0 Å². The van der Waals surface area contributed by atoms with Gasteiger partial charge in [0, 0.05) is 18.2 Å². The van der Waals surface area contributed by atoms with Gasteiger partial charge in [-0.25, -0.2) is 4.98 Å². The number of hydrogen-bond acceptors (Lipinski definition) is 2. The fraction of sp³-hybridized carbons (Fsp3) is 0.0556. The molecule has 0 amide bonds. The van der Waals surface area contributed by atoms with Gasteiger partial charge in [-0.05, 0) is 33.2 Å². The van der Waals surface area contributed by atoms with E-state index in [1.54, 1.807) is 11.3 Å². The van der Waals surface area contributed by atoms with Crippen molar-refractivity contribution >= 4 is 22.1 Å². The van der Waals surface area contributed by atoms with Gasteiger partial charge in [0.25, 0.3) is 0 Å². The van der Waals surface area contributed by atoms with Crippen LogP contribution in [-0.2, 0) is 6.42 Å². The molecule has 3 heteroatoms. The maximum absolute atomic E-state index is 4.75. The van der Waals surface area contributed by atoms with Crippen LogP contribution in [0.2, 0.25) is 0 Å². The lowest BCUT2D eigenvalue weighted by Gasteiger charge is -2.03. The van der Waals surface area contributed by atoms with Crippen molar-refractivity contribution < 1.29 is 0 Å². The average Bonchev–Trinajstić information content (AvgIpc) is 3.19. The normalized spacial score (nSPS) is 11.0. The number of hydrogen-bond donors (Lipinski definition) is 1. The zero-order valence-electron chi connectivity index (χ0n) is 11.4. The second kappa shape index (κ2) is 5.19. The molecular formula is C18H14N2S. The summed E-state index contributed by atoms with van der Waals surface area (Å²) in [6.45, 7) is 0. The summed E-state index contributed by atoms with van der Waals surface area (Å²) in [7, 11) is 0. The summed E-state index contributed by atoms with van der Waals surface area (Å²) in [5.41, 5.74) is 3.50. The monoisotopic (exact) mass is 290 g/mol. The molecule has 4 aromatic rings. The Hall–Kier alpha value is -2.39. The summed E-state index contributed by atoms with van der Waals surface area (Å²) in [4.78, 5) is 8.06. The Bertz CT molecular complexity index is 870. The average molecular weight is 290 g/mol. The fourth-order valence-corrected chi connectivity index (χ4v) is 3.29. The number of aromatic amines is 1. The molecule has 102 valence electrons. The minimum Gasteiger partial charge on any atom is -0.348 e. The first-order valence-corrected chi connectivity index (χ1v) is 7.88. The predicted molar refractivity (Wildman–Crippen MR) is 88.7 cm³/mol. The molecule has 2 aromatic heterocycles. The Labute approximate surface area is 127 Å². The van der Waals surface area contributed by atoms with Crippen molar-refractivity contribution in [2.75, 3.05) is 0 Å². The van der Waals surface area contributed by atoms with Gasteiger partial charge in [-0.3, -0.25) is 0 Å². The summed E-state index contributed by atoms with van der Waals surface area (Å²) in [6.07, 6.45) is 2.86. The number of H-pyrrole nitrogens is 1. The highest BCUT2D eigenvalue weighted by molar-refractivity contribution is 7.07. The summed E-state index contributed by atoms with van der Waals surface area (Å²) < 4.78 is 0. The van der Waals surface area contributed by atoms with Gasteiger partial charge in [0.15, 0.2) is 0 Å². The molecule has 0 fully saturated rings. The van der Waals surface area contributed by atoms with Gasteiger partial charge >= 0.3 is 0 Å². The number of imidazole rings is 1. The van der Waals surface area contributed by atoms with Crippen molar-refractivity contribution in [3.8, 4) is 11.3 Å². The van der Waals surface area contributed by atoms with Gasteiger partial charge in [-0.2, -0.15) is 11.3 Å². The number of thiophene rings is 1. The van der Waals surface area contributed by atoms with E-state index in [1.807, 2.05) is 6.20 Å². The fourth-order valence-electron chi connectivity index (χ4n) is 2.63. The van der Waals surface area contributed by atoms with Gasteiger partial charge < -0.3 is 4.98 Å². The van der Waals surface area contributed by atoms with Gasteiger partial charge in [0.2, 0.25) is 0 Å². The van der Waals surface area contributed by atoms with E-state index in [0.717, 1.165) is 17.9 Å². The Kier molecular flexibility index (Phi) is 3.05. The summed E-state index contributed by atoms with van der Waals surface area (Å²) in [6, 6.07) is 16.9. The standard InChI is InChI=1S/C18H14N2S/c1-2-6-15-14(4-1)5-3-7-16(15)17-11-19-18(20-17)10-13-8-9-21-12-13/h1-9,11-12H,10H2,(H,19,20). The molecule has 0 radical (unpaired) electrons. The van der Waals surface area contributed by atoms with Crippen LogP contribution in [0.3, 0.4) is 0 Å². The predicted octanol–water partition coefficient (Wildman–Crippen LogP) is 4.88. The SMILES string of the molecule is c1ccc2c(-c3c[nH]c(Cc4ccsc4)n3)cccc2c1. The Morgan fingerprint density at radius 1 is 1.00 bits per heavy atom. The number of fused-ring (bicyclic) bond motifs is 1. The molecule has 0 aliphatic carbocycles. The minimum atomic E-state index is 0.855. The number of benzene rings is 2. The number of nitrogens with one attached hydrogen (secondary N) is 1. The molecule has 1 N–H and O–H groups in total. The van der Waals surface area contributed by atoms with Crippen molar-refractivity contribution in [2.24, 2.45) is 0 Å².